The van der Waals surface area contributed by atoms with Crippen molar-refractivity contribution in [2.45, 2.75) is 4.90 Å². The van der Waals surface area contributed by atoms with Gasteiger partial charge in [-0.2, -0.15) is 18.7 Å². The number of aromatic amines is 1. The molecule has 0 atom stereocenters. The molecular formula is C13H9ClN6O4S. The fraction of sp³-hybridized carbons (Fsp3) is 0. The maximum absolute atomic E-state index is 12.6. The lowest BCUT2D eigenvalue weighted by molar-refractivity contribution is 0.104. The molecule has 3 rings (SSSR count). The van der Waals surface area contributed by atoms with Crippen molar-refractivity contribution >= 4 is 33.2 Å². The van der Waals surface area contributed by atoms with E-state index in [1.807, 2.05) is 0 Å². The zero-order valence-electron chi connectivity index (χ0n) is 12.2. The van der Waals surface area contributed by atoms with Gasteiger partial charge in [-0.3, -0.25) is 4.79 Å². The number of aliphatic hydroxyl groups is 1. The van der Waals surface area contributed by atoms with Gasteiger partial charge in [0.1, 0.15) is 5.69 Å². The Hall–Kier alpha value is -3.05. The minimum atomic E-state index is -4.11. The van der Waals surface area contributed by atoms with E-state index in [4.69, 9.17) is 11.6 Å². The lowest BCUT2D eigenvalue weighted by Gasteiger charge is -2.07. The topological polar surface area (TPSA) is 144 Å². The number of halogens is 1. The molecule has 0 aliphatic rings. The number of carbonyl (C=O) groups is 1. The van der Waals surface area contributed by atoms with Crippen molar-refractivity contribution in [2.24, 2.45) is 0 Å². The summed E-state index contributed by atoms with van der Waals surface area (Å²) < 4.78 is 25.8. The number of carbonyl (C=O) groups excluding carboxylic acids is 1. The van der Waals surface area contributed by atoms with Crippen molar-refractivity contribution in [3.63, 3.8) is 0 Å². The summed E-state index contributed by atoms with van der Waals surface area (Å²) in [6.45, 7) is 0. The van der Waals surface area contributed by atoms with E-state index in [0.717, 1.165) is 12.3 Å². The number of nitrogens with zero attached hydrogens (tertiary/aromatic N) is 5. The summed E-state index contributed by atoms with van der Waals surface area (Å²) in [6.07, 6.45) is 1.93. The van der Waals surface area contributed by atoms with Crippen LogP contribution in [0.4, 0.5) is 0 Å². The molecule has 25 heavy (non-hydrogen) atoms. The molecule has 0 radical (unpaired) electrons. The highest BCUT2D eigenvalue weighted by Gasteiger charge is 2.24. The van der Waals surface area contributed by atoms with Gasteiger partial charge in [0.15, 0.2) is 5.76 Å². The second-order valence-corrected chi connectivity index (χ2v) is 6.85. The van der Waals surface area contributed by atoms with Gasteiger partial charge < -0.3 is 5.11 Å². The number of hydrogen-bond acceptors (Lipinski definition) is 8. The van der Waals surface area contributed by atoms with Crippen LogP contribution in [0.3, 0.4) is 0 Å². The van der Waals surface area contributed by atoms with Crippen LogP contribution < -0.4 is 0 Å². The molecule has 2 aromatic heterocycles. The Bertz CT molecular complexity index is 1040. The molecule has 2 N–H and O–H groups in total. The average Bonchev–Trinajstić information content (AvgIpc) is 3.27. The van der Waals surface area contributed by atoms with Crippen LogP contribution in [-0.4, -0.2) is 49.1 Å². The van der Waals surface area contributed by atoms with Crippen LogP contribution in [0.5, 0.6) is 0 Å². The Morgan fingerprint density at radius 1 is 1.24 bits per heavy atom. The molecule has 3 aromatic rings. The van der Waals surface area contributed by atoms with Crippen molar-refractivity contribution in [1.29, 1.82) is 0 Å². The summed E-state index contributed by atoms with van der Waals surface area (Å²) in [5.41, 5.74) is -0.273. The number of ketones is 1. The first-order chi connectivity index (χ1) is 11.9. The molecule has 12 heteroatoms. The smallest absolute Gasteiger partial charge is 0.283 e. The van der Waals surface area contributed by atoms with Gasteiger partial charge in [-0.15, -0.1) is 14.3 Å². The summed E-state index contributed by atoms with van der Waals surface area (Å²) in [4.78, 5) is 12.2. The molecule has 0 aliphatic carbocycles. The number of rotatable bonds is 5. The van der Waals surface area contributed by atoms with E-state index in [1.54, 1.807) is 0 Å². The Morgan fingerprint density at radius 2 is 1.96 bits per heavy atom. The molecular weight excluding hydrogens is 372 g/mol. The van der Waals surface area contributed by atoms with Crippen molar-refractivity contribution in [3.05, 3.63) is 59.1 Å². The summed E-state index contributed by atoms with van der Waals surface area (Å²) >= 11 is 5.75. The summed E-state index contributed by atoms with van der Waals surface area (Å²) in [5.74, 6) is -1.59. The van der Waals surface area contributed by atoms with Gasteiger partial charge in [0.2, 0.25) is 11.6 Å². The lowest BCUT2D eigenvalue weighted by Crippen LogP contribution is -2.19. The molecule has 2 heterocycles. The highest BCUT2D eigenvalue weighted by atomic mass is 35.5. The summed E-state index contributed by atoms with van der Waals surface area (Å²) in [6, 6.07) is 6.60. The highest BCUT2D eigenvalue weighted by Crippen LogP contribution is 2.18. The van der Waals surface area contributed by atoms with E-state index in [1.165, 1.54) is 30.3 Å². The van der Waals surface area contributed by atoms with E-state index in [2.05, 4.69) is 25.7 Å². The number of nitrogens with one attached hydrogen (secondary N) is 1. The Balaban J connectivity index is 1.99. The van der Waals surface area contributed by atoms with Gasteiger partial charge >= 0.3 is 0 Å². The first-order valence-electron chi connectivity index (χ1n) is 6.63. The molecule has 128 valence electrons. The third-order valence-electron chi connectivity index (χ3n) is 3.04. The molecule has 0 aliphatic heterocycles. The quantitative estimate of drug-likeness (QED) is 0.380. The number of H-pyrrole nitrogens is 1. The lowest BCUT2D eigenvalue weighted by atomic mass is 10.2. The molecule has 0 fully saturated rings. The SMILES string of the molecule is O=C(C=C(O)c1nn[nH]n1)c1ccnn1S(=O)(=O)c1ccc(Cl)cc1. The third-order valence-corrected chi connectivity index (χ3v) is 4.91. The first-order valence-corrected chi connectivity index (χ1v) is 8.45. The van der Waals surface area contributed by atoms with Crippen LogP contribution in [-0.2, 0) is 10.0 Å². The number of benzene rings is 1. The molecule has 0 spiro atoms. The van der Waals surface area contributed by atoms with Crippen LogP contribution in [0.2, 0.25) is 5.02 Å². The molecule has 0 amide bonds. The fourth-order valence-corrected chi connectivity index (χ4v) is 3.29. The molecule has 0 bridgehead atoms. The van der Waals surface area contributed by atoms with Gasteiger partial charge in [0.05, 0.1) is 11.1 Å². The van der Waals surface area contributed by atoms with Crippen LogP contribution >= 0.6 is 11.6 Å². The molecule has 1 aromatic carbocycles. The van der Waals surface area contributed by atoms with E-state index < -0.39 is 21.6 Å². The Morgan fingerprint density at radius 3 is 2.60 bits per heavy atom. The zero-order chi connectivity index (χ0) is 18.0. The number of hydrogen-bond donors (Lipinski definition) is 2. The number of aliphatic hydroxyl groups excluding tert-OH is 1. The fourth-order valence-electron chi connectivity index (χ4n) is 1.90. The minimum Gasteiger partial charge on any atom is -0.504 e. The normalized spacial score (nSPS) is 12.3. The van der Waals surface area contributed by atoms with Gasteiger partial charge in [0, 0.05) is 11.1 Å². The van der Waals surface area contributed by atoms with Crippen LogP contribution in [0, 0.1) is 0 Å². The van der Waals surface area contributed by atoms with Gasteiger partial charge in [0.25, 0.3) is 10.0 Å². The summed E-state index contributed by atoms with van der Waals surface area (Å²) in [7, 11) is -4.11. The van der Waals surface area contributed by atoms with Crippen LogP contribution in [0.1, 0.15) is 16.3 Å². The van der Waals surface area contributed by atoms with E-state index >= 15 is 0 Å². The van der Waals surface area contributed by atoms with Gasteiger partial charge in [-0.1, -0.05) is 11.6 Å². The summed E-state index contributed by atoms with van der Waals surface area (Å²) in [5, 5.41) is 26.2. The molecule has 0 unspecified atom stereocenters. The van der Waals surface area contributed by atoms with E-state index in [9.17, 15) is 18.3 Å². The number of tetrazole rings is 1. The third kappa shape index (κ3) is 3.27. The van der Waals surface area contributed by atoms with Crippen molar-refractivity contribution in [2.75, 3.05) is 0 Å². The number of aromatic nitrogens is 6. The standard InChI is InChI=1S/C13H9ClN6O4S/c14-8-1-3-9(4-2-8)25(23,24)20-10(5-6-15-20)11(21)7-12(22)13-16-18-19-17-13/h1-7,22H,(H,16,17,18,19). The van der Waals surface area contributed by atoms with Gasteiger partial charge in [-0.25, -0.2) is 0 Å². The predicted molar refractivity (Wildman–Crippen MR) is 85.4 cm³/mol. The van der Waals surface area contributed by atoms with Gasteiger partial charge in [-0.05, 0) is 35.5 Å². The largest absolute Gasteiger partial charge is 0.504 e. The Labute approximate surface area is 145 Å². The van der Waals surface area contributed by atoms with Crippen molar-refractivity contribution < 1.29 is 18.3 Å². The molecule has 0 saturated heterocycles. The zero-order valence-corrected chi connectivity index (χ0v) is 13.8. The van der Waals surface area contributed by atoms with E-state index in [0.29, 0.717) is 9.11 Å². The second kappa shape index (κ2) is 6.45. The maximum Gasteiger partial charge on any atom is 0.283 e. The monoisotopic (exact) mass is 380 g/mol. The van der Waals surface area contributed by atoms with Crippen LogP contribution in [0.15, 0.2) is 47.5 Å². The first kappa shape index (κ1) is 16.8. The molecule has 10 nitrogen and oxygen atoms in total. The highest BCUT2D eigenvalue weighted by molar-refractivity contribution is 7.89. The average molecular weight is 381 g/mol. The van der Waals surface area contributed by atoms with E-state index in [-0.39, 0.29) is 16.4 Å². The van der Waals surface area contributed by atoms with Crippen molar-refractivity contribution in [3.8, 4) is 0 Å². The second-order valence-electron chi connectivity index (χ2n) is 4.65. The number of allylic oxidation sites excluding steroid dienone is 1. The minimum absolute atomic E-state index is 0.0963. The van der Waals surface area contributed by atoms with Crippen molar-refractivity contribution in [1.82, 2.24) is 29.8 Å². The van der Waals surface area contributed by atoms with Crippen LogP contribution in [0.25, 0.3) is 5.76 Å². The maximum atomic E-state index is 12.6. The Kier molecular flexibility index (Phi) is 4.33. The predicted octanol–water partition coefficient (Wildman–Crippen LogP) is 1.07. The molecule has 0 saturated carbocycles.